The highest BCUT2D eigenvalue weighted by Crippen LogP contribution is 2.25. The normalized spacial score (nSPS) is 25.5. The SMILES string of the molecule is CC(C)CC1CC(=O)N(CN2CCCC2=O)C1. The number of rotatable bonds is 4. The quantitative estimate of drug-likeness (QED) is 0.744. The molecule has 1 atom stereocenters. The van der Waals surface area contributed by atoms with Crippen molar-refractivity contribution in [3.63, 3.8) is 0 Å². The lowest BCUT2D eigenvalue weighted by molar-refractivity contribution is -0.134. The summed E-state index contributed by atoms with van der Waals surface area (Å²) >= 11 is 0. The molecule has 2 aliphatic heterocycles. The van der Waals surface area contributed by atoms with Gasteiger partial charge < -0.3 is 9.80 Å². The molecular formula is C13H22N2O2. The summed E-state index contributed by atoms with van der Waals surface area (Å²) in [7, 11) is 0. The fourth-order valence-electron chi connectivity index (χ4n) is 2.87. The zero-order valence-corrected chi connectivity index (χ0v) is 10.8. The highest BCUT2D eigenvalue weighted by Gasteiger charge is 2.32. The van der Waals surface area contributed by atoms with Gasteiger partial charge in [-0.2, -0.15) is 0 Å². The van der Waals surface area contributed by atoms with Crippen LogP contribution in [0.4, 0.5) is 0 Å². The van der Waals surface area contributed by atoms with Crippen molar-refractivity contribution in [1.82, 2.24) is 9.80 Å². The Balaban J connectivity index is 1.85. The highest BCUT2D eigenvalue weighted by atomic mass is 16.2. The molecule has 4 heteroatoms. The molecule has 2 fully saturated rings. The number of amides is 2. The van der Waals surface area contributed by atoms with E-state index >= 15 is 0 Å². The lowest BCUT2D eigenvalue weighted by Gasteiger charge is -2.24. The van der Waals surface area contributed by atoms with Crippen LogP contribution in [0.2, 0.25) is 0 Å². The average Bonchev–Trinajstić information content (AvgIpc) is 2.75. The van der Waals surface area contributed by atoms with Crippen LogP contribution in [0.3, 0.4) is 0 Å². The van der Waals surface area contributed by atoms with Crippen molar-refractivity contribution in [2.24, 2.45) is 11.8 Å². The summed E-state index contributed by atoms with van der Waals surface area (Å²) in [6.07, 6.45) is 3.37. The van der Waals surface area contributed by atoms with Crippen molar-refractivity contribution in [2.45, 2.75) is 39.5 Å². The third kappa shape index (κ3) is 2.99. The fourth-order valence-corrected chi connectivity index (χ4v) is 2.87. The molecular weight excluding hydrogens is 216 g/mol. The van der Waals surface area contributed by atoms with E-state index in [2.05, 4.69) is 13.8 Å². The molecule has 17 heavy (non-hydrogen) atoms. The first kappa shape index (κ1) is 12.4. The van der Waals surface area contributed by atoms with E-state index in [-0.39, 0.29) is 11.8 Å². The largest absolute Gasteiger partial charge is 0.325 e. The molecule has 0 saturated carbocycles. The van der Waals surface area contributed by atoms with Crippen molar-refractivity contribution in [3.05, 3.63) is 0 Å². The molecule has 0 aromatic carbocycles. The average molecular weight is 238 g/mol. The minimum Gasteiger partial charge on any atom is -0.325 e. The lowest BCUT2D eigenvalue weighted by Crippen LogP contribution is -2.39. The topological polar surface area (TPSA) is 40.6 Å². The van der Waals surface area contributed by atoms with Crippen molar-refractivity contribution < 1.29 is 9.59 Å². The lowest BCUT2D eigenvalue weighted by atomic mass is 9.96. The molecule has 2 amide bonds. The first-order chi connectivity index (χ1) is 8.06. The maximum absolute atomic E-state index is 11.8. The van der Waals surface area contributed by atoms with Gasteiger partial charge in [-0.15, -0.1) is 0 Å². The fraction of sp³-hybridized carbons (Fsp3) is 0.846. The molecule has 0 aromatic rings. The summed E-state index contributed by atoms with van der Waals surface area (Å²) in [6.45, 7) is 6.55. The first-order valence-corrected chi connectivity index (χ1v) is 6.62. The molecule has 0 aromatic heterocycles. The summed E-state index contributed by atoms with van der Waals surface area (Å²) in [5.74, 6) is 1.54. The summed E-state index contributed by atoms with van der Waals surface area (Å²) < 4.78 is 0. The predicted octanol–water partition coefficient (Wildman–Crippen LogP) is 1.46. The Labute approximate surface area is 103 Å². The number of carbonyl (C=O) groups excluding carboxylic acids is 2. The van der Waals surface area contributed by atoms with Crippen LogP contribution in [0.5, 0.6) is 0 Å². The van der Waals surface area contributed by atoms with E-state index in [1.165, 1.54) is 0 Å². The Morgan fingerprint density at radius 3 is 2.59 bits per heavy atom. The van der Waals surface area contributed by atoms with Gasteiger partial charge in [0.2, 0.25) is 11.8 Å². The third-order valence-corrected chi connectivity index (χ3v) is 3.61. The zero-order chi connectivity index (χ0) is 12.4. The second-order valence-electron chi connectivity index (χ2n) is 5.72. The molecule has 2 saturated heterocycles. The van der Waals surface area contributed by atoms with Crippen LogP contribution in [-0.2, 0) is 9.59 Å². The molecule has 2 rings (SSSR count). The van der Waals surface area contributed by atoms with Gasteiger partial charge in [-0.3, -0.25) is 9.59 Å². The van der Waals surface area contributed by atoms with Crippen LogP contribution < -0.4 is 0 Å². The van der Waals surface area contributed by atoms with Gasteiger partial charge in [0.25, 0.3) is 0 Å². The Kier molecular flexibility index (Phi) is 3.69. The summed E-state index contributed by atoms with van der Waals surface area (Å²) in [5, 5.41) is 0. The maximum atomic E-state index is 11.8. The van der Waals surface area contributed by atoms with Crippen LogP contribution in [-0.4, -0.2) is 41.4 Å². The Morgan fingerprint density at radius 1 is 1.24 bits per heavy atom. The van der Waals surface area contributed by atoms with Crippen molar-refractivity contribution in [1.29, 1.82) is 0 Å². The van der Waals surface area contributed by atoms with Crippen LogP contribution in [0.15, 0.2) is 0 Å². The molecule has 96 valence electrons. The Morgan fingerprint density at radius 2 is 2.00 bits per heavy atom. The van der Waals surface area contributed by atoms with Gasteiger partial charge >= 0.3 is 0 Å². The van der Waals surface area contributed by atoms with Gasteiger partial charge in [-0.25, -0.2) is 0 Å². The van der Waals surface area contributed by atoms with Crippen molar-refractivity contribution in [2.75, 3.05) is 19.8 Å². The minimum absolute atomic E-state index is 0.199. The number of hydrogen-bond donors (Lipinski definition) is 0. The zero-order valence-electron chi connectivity index (χ0n) is 10.8. The second kappa shape index (κ2) is 5.07. The molecule has 4 nitrogen and oxygen atoms in total. The monoisotopic (exact) mass is 238 g/mol. The van der Waals surface area contributed by atoms with Gasteiger partial charge in [0.05, 0.1) is 6.67 Å². The molecule has 0 N–H and O–H groups in total. The van der Waals surface area contributed by atoms with E-state index in [9.17, 15) is 9.59 Å². The first-order valence-electron chi connectivity index (χ1n) is 6.62. The number of nitrogens with zero attached hydrogens (tertiary/aromatic N) is 2. The molecule has 1 unspecified atom stereocenters. The second-order valence-corrected chi connectivity index (χ2v) is 5.72. The molecule has 0 bridgehead atoms. The predicted molar refractivity (Wildman–Crippen MR) is 65.1 cm³/mol. The number of carbonyl (C=O) groups is 2. The number of hydrogen-bond acceptors (Lipinski definition) is 2. The van der Waals surface area contributed by atoms with E-state index in [0.29, 0.717) is 31.3 Å². The van der Waals surface area contributed by atoms with E-state index in [4.69, 9.17) is 0 Å². The summed E-state index contributed by atoms with van der Waals surface area (Å²) in [4.78, 5) is 27.0. The van der Waals surface area contributed by atoms with Crippen LogP contribution in [0.1, 0.15) is 39.5 Å². The summed E-state index contributed by atoms with van der Waals surface area (Å²) in [5.41, 5.74) is 0. The molecule has 2 aliphatic rings. The molecule has 0 spiro atoms. The van der Waals surface area contributed by atoms with Crippen LogP contribution in [0, 0.1) is 11.8 Å². The van der Waals surface area contributed by atoms with Crippen molar-refractivity contribution >= 4 is 11.8 Å². The van der Waals surface area contributed by atoms with Crippen LogP contribution in [0.25, 0.3) is 0 Å². The smallest absolute Gasteiger partial charge is 0.224 e. The van der Waals surface area contributed by atoms with E-state index in [0.717, 1.165) is 25.9 Å². The van der Waals surface area contributed by atoms with E-state index in [1.54, 1.807) is 0 Å². The van der Waals surface area contributed by atoms with Gasteiger partial charge in [0.15, 0.2) is 0 Å². The van der Waals surface area contributed by atoms with Crippen LogP contribution >= 0.6 is 0 Å². The van der Waals surface area contributed by atoms with E-state index in [1.807, 2.05) is 9.80 Å². The van der Waals surface area contributed by atoms with E-state index < -0.39 is 0 Å². The van der Waals surface area contributed by atoms with Gasteiger partial charge in [-0.05, 0) is 24.7 Å². The van der Waals surface area contributed by atoms with Gasteiger partial charge in [0, 0.05) is 25.9 Å². The van der Waals surface area contributed by atoms with Crippen molar-refractivity contribution in [3.8, 4) is 0 Å². The Hall–Kier alpha value is -1.06. The maximum Gasteiger partial charge on any atom is 0.224 e. The molecule has 0 radical (unpaired) electrons. The highest BCUT2D eigenvalue weighted by molar-refractivity contribution is 5.81. The number of likely N-dealkylation sites (tertiary alicyclic amines) is 2. The summed E-state index contributed by atoms with van der Waals surface area (Å²) in [6, 6.07) is 0. The minimum atomic E-state index is 0.199. The van der Waals surface area contributed by atoms with Gasteiger partial charge in [-0.1, -0.05) is 13.8 Å². The standard InChI is InChI=1S/C13H22N2O2/c1-10(2)6-11-7-13(17)15(8-11)9-14-5-3-4-12(14)16/h10-11H,3-9H2,1-2H3. The molecule has 2 heterocycles. The Bertz CT molecular complexity index is 315. The van der Waals surface area contributed by atoms with Gasteiger partial charge in [0.1, 0.15) is 0 Å². The molecule has 0 aliphatic carbocycles. The third-order valence-electron chi connectivity index (χ3n) is 3.61.